The van der Waals surface area contributed by atoms with Gasteiger partial charge in [-0.25, -0.2) is 9.97 Å². The number of nitrogens with one attached hydrogen (secondary N) is 1. The molecule has 2 aromatic heterocycles. The highest BCUT2D eigenvalue weighted by molar-refractivity contribution is 8.00. The van der Waals surface area contributed by atoms with Crippen LogP contribution in [0.4, 0.5) is 5.69 Å². The second-order valence-corrected chi connectivity index (χ2v) is 8.76. The predicted octanol–water partition coefficient (Wildman–Crippen LogP) is 3.83. The summed E-state index contributed by atoms with van der Waals surface area (Å²) in [4.78, 5) is 35.0. The van der Waals surface area contributed by atoms with Gasteiger partial charge in [0.1, 0.15) is 15.7 Å². The van der Waals surface area contributed by atoms with Crippen LogP contribution >= 0.6 is 23.1 Å². The molecule has 1 atom stereocenters. The van der Waals surface area contributed by atoms with E-state index in [1.807, 2.05) is 13.8 Å². The maximum absolute atomic E-state index is 12.6. The smallest absolute Gasteiger partial charge is 0.248 e. The molecule has 27 heavy (non-hydrogen) atoms. The lowest BCUT2D eigenvalue weighted by atomic mass is 10.2. The number of anilines is 1. The number of carbonyl (C=O) groups excluding carboxylic acids is 2. The van der Waals surface area contributed by atoms with Crippen molar-refractivity contribution in [3.8, 4) is 0 Å². The van der Waals surface area contributed by atoms with Gasteiger partial charge >= 0.3 is 0 Å². The third-order valence-electron chi connectivity index (χ3n) is 4.20. The van der Waals surface area contributed by atoms with Crippen LogP contribution in [-0.4, -0.2) is 27.0 Å². The van der Waals surface area contributed by atoms with E-state index in [2.05, 4.69) is 29.1 Å². The third kappa shape index (κ3) is 4.12. The lowest BCUT2D eigenvalue weighted by Crippen LogP contribution is -2.22. The Balaban J connectivity index is 1.78. The molecule has 0 aliphatic heterocycles. The molecule has 8 heteroatoms. The van der Waals surface area contributed by atoms with Crippen LogP contribution in [0.5, 0.6) is 0 Å². The Morgan fingerprint density at radius 2 is 1.81 bits per heavy atom. The molecule has 0 aliphatic carbocycles. The normalized spacial score (nSPS) is 12.1. The van der Waals surface area contributed by atoms with Gasteiger partial charge in [0, 0.05) is 21.5 Å². The van der Waals surface area contributed by atoms with E-state index in [1.165, 1.54) is 16.6 Å². The average molecular weight is 401 g/mol. The Morgan fingerprint density at radius 1 is 1.15 bits per heavy atom. The number of amides is 2. The summed E-state index contributed by atoms with van der Waals surface area (Å²) in [5, 5.41) is 4.36. The summed E-state index contributed by atoms with van der Waals surface area (Å²) < 4.78 is 0. The van der Waals surface area contributed by atoms with E-state index in [4.69, 9.17) is 5.73 Å². The number of benzene rings is 1. The van der Waals surface area contributed by atoms with Crippen LogP contribution in [0.25, 0.3) is 10.2 Å². The van der Waals surface area contributed by atoms with Gasteiger partial charge in [-0.3, -0.25) is 9.59 Å². The van der Waals surface area contributed by atoms with Gasteiger partial charge in [0.2, 0.25) is 11.8 Å². The predicted molar refractivity (Wildman–Crippen MR) is 111 cm³/mol. The fraction of sp³-hybridized carbons (Fsp3) is 0.263. The Kier molecular flexibility index (Phi) is 5.48. The van der Waals surface area contributed by atoms with Gasteiger partial charge in [-0.1, -0.05) is 11.8 Å². The summed E-state index contributed by atoms with van der Waals surface area (Å²) >= 11 is 3.07. The molecule has 1 aromatic carbocycles. The third-order valence-corrected chi connectivity index (χ3v) is 6.39. The monoisotopic (exact) mass is 400 g/mol. The van der Waals surface area contributed by atoms with Crippen molar-refractivity contribution in [2.24, 2.45) is 5.73 Å². The van der Waals surface area contributed by atoms with Crippen molar-refractivity contribution in [3.05, 3.63) is 46.1 Å². The van der Waals surface area contributed by atoms with Crippen LogP contribution in [0, 0.1) is 20.8 Å². The van der Waals surface area contributed by atoms with Gasteiger partial charge in [0.15, 0.2) is 0 Å². The van der Waals surface area contributed by atoms with Gasteiger partial charge in [-0.05, 0) is 57.5 Å². The Hall–Kier alpha value is -2.45. The number of nitrogens with two attached hydrogens (primary N) is 1. The highest BCUT2D eigenvalue weighted by Gasteiger charge is 2.20. The van der Waals surface area contributed by atoms with Crippen molar-refractivity contribution in [1.82, 2.24) is 9.97 Å². The number of hydrogen-bond acceptors (Lipinski definition) is 6. The molecule has 2 amide bonds. The van der Waals surface area contributed by atoms with Gasteiger partial charge in [-0.15, -0.1) is 11.3 Å². The molecule has 0 saturated heterocycles. The topological polar surface area (TPSA) is 98.0 Å². The highest BCUT2D eigenvalue weighted by atomic mass is 32.2. The van der Waals surface area contributed by atoms with Crippen LogP contribution in [-0.2, 0) is 4.79 Å². The summed E-state index contributed by atoms with van der Waals surface area (Å²) in [6, 6.07) is 6.50. The second kappa shape index (κ2) is 7.66. The van der Waals surface area contributed by atoms with E-state index in [9.17, 15) is 9.59 Å². The number of primary amides is 1. The van der Waals surface area contributed by atoms with E-state index in [0.29, 0.717) is 17.1 Å². The molecular weight excluding hydrogens is 380 g/mol. The minimum Gasteiger partial charge on any atom is -0.366 e. The Bertz CT molecular complexity index is 1030. The van der Waals surface area contributed by atoms with E-state index >= 15 is 0 Å². The number of fused-ring (bicyclic) bond motifs is 1. The lowest BCUT2D eigenvalue weighted by Gasteiger charge is -2.13. The van der Waals surface area contributed by atoms with E-state index < -0.39 is 5.91 Å². The quantitative estimate of drug-likeness (QED) is 0.501. The van der Waals surface area contributed by atoms with Crippen molar-refractivity contribution in [3.63, 3.8) is 0 Å². The van der Waals surface area contributed by atoms with E-state index in [-0.39, 0.29) is 11.2 Å². The molecule has 3 aromatic rings. The molecule has 0 saturated carbocycles. The summed E-state index contributed by atoms with van der Waals surface area (Å²) in [5.74, 6) is 0.0584. The molecule has 140 valence electrons. The number of aryl methyl sites for hydroxylation is 3. The fourth-order valence-electron chi connectivity index (χ4n) is 2.58. The first-order chi connectivity index (χ1) is 12.8. The van der Waals surface area contributed by atoms with Gasteiger partial charge in [0.05, 0.1) is 5.25 Å². The van der Waals surface area contributed by atoms with Gasteiger partial charge in [0.25, 0.3) is 0 Å². The Morgan fingerprint density at radius 3 is 2.44 bits per heavy atom. The average Bonchev–Trinajstić information content (AvgIpc) is 2.89. The number of hydrogen-bond donors (Lipinski definition) is 2. The lowest BCUT2D eigenvalue weighted by molar-refractivity contribution is -0.115. The summed E-state index contributed by atoms with van der Waals surface area (Å²) in [5.41, 5.74) is 7.40. The summed E-state index contributed by atoms with van der Waals surface area (Å²) in [6.45, 7) is 7.83. The van der Waals surface area contributed by atoms with Crippen molar-refractivity contribution in [2.45, 2.75) is 38.0 Å². The number of aromatic nitrogens is 2. The number of thioether (sulfide) groups is 1. The molecule has 0 aliphatic rings. The Labute approximate surface area is 165 Å². The van der Waals surface area contributed by atoms with Crippen molar-refractivity contribution >= 4 is 50.8 Å². The zero-order valence-corrected chi connectivity index (χ0v) is 17.1. The molecule has 3 rings (SSSR count). The van der Waals surface area contributed by atoms with Crippen molar-refractivity contribution in [2.75, 3.05) is 5.32 Å². The van der Waals surface area contributed by atoms with E-state index in [1.54, 1.807) is 35.6 Å². The van der Waals surface area contributed by atoms with Crippen molar-refractivity contribution < 1.29 is 9.59 Å². The number of nitrogens with zero attached hydrogens (tertiary/aromatic N) is 2. The first-order valence-electron chi connectivity index (χ1n) is 8.38. The number of carbonyl (C=O) groups is 2. The summed E-state index contributed by atoms with van der Waals surface area (Å²) in [7, 11) is 0. The minimum atomic E-state index is -0.499. The van der Waals surface area contributed by atoms with Crippen molar-refractivity contribution in [1.29, 1.82) is 0 Å². The molecule has 6 nitrogen and oxygen atoms in total. The SMILES string of the molecule is Cc1nc(S[C@@H](C)C(=O)Nc2ccc(C(N)=O)cc2)c2c(C)c(C)sc2n1. The van der Waals surface area contributed by atoms with Crippen LogP contribution in [0.3, 0.4) is 0 Å². The van der Waals surface area contributed by atoms with E-state index in [0.717, 1.165) is 20.8 Å². The van der Waals surface area contributed by atoms with Gasteiger partial charge < -0.3 is 11.1 Å². The number of rotatable bonds is 5. The fourth-order valence-corrected chi connectivity index (χ4v) is 4.78. The maximum Gasteiger partial charge on any atom is 0.248 e. The second-order valence-electron chi connectivity index (χ2n) is 6.23. The molecule has 2 heterocycles. The zero-order valence-electron chi connectivity index (χ0n) is 15.5. The number of thiophene rings is 1. The maximum atomic E-state index is 12.6. The van der Waals surface area contributed by atoms with Crippen LogP contribution < -0.4 is 11.1 Å². The van der Waals surface area contributed by atoms with Crippen LogP contribution in [0.2, 0.25) is 0 Å². The molecule has 3 N–H and O–H groups in total. The molecule has 0 fully saturated rings. The summed E-state index contributed by atoms with van der Waals surface area (Å²) in [6.07, 6.45) is 0. The largest absolute Gasteiger partial charge is 0.366 e. The first kappa shape index (κ1) is 19.3. The molecule has 0 unspecified atom stereocenters. The van der Waals surface area contributed by atoms with Gasteiger partial charge in [-0.2, -0.15) is 0 Å². The molecule has 0 spiro atoms. The highest BCUT2D eigenvalue weighted by Crippen LogP contribution is 2.36. The standard InChI is InChI=1S/C19H20N4O2S2/c1-9-10(2)26-18-15(9)19(22-12(4)21-18)27-11(3)17(25)23-14-7-5-13(6-8-14)16(20)24/h5-8,11H,1-4H3,(H2,20,24)(H,23,25)/t11-/m0/s1. The molecule has 0 bridgehead atoms. The van der Waals surface area contributed by atoms with Crippen LogP contribution in [0.15, 0.2) is 29.3 Å². The zero-order chi connectivity index (χ0) is 19.7. The van der Waals surface area contributed by atoms with Crippen LogP contribution in [0.1, 0.15) is 33.5 Å². The molecule has 0 radical (unpaired) electrons. The first-order valence-corrected chi connectivity index (χ1v) is 10.1. The molecular formula is C19H20N4O2S2. The minimum absolute atomic E-state index is 0.138.